The molecular formula is C19H26N4O. The maximum absolute atomic E-state index is 12.6. The molecule has 24 heavy (non-hydrogen) atoms. The first-order chi connectivity index (χ1) is 11.5. The van der Waals surface area contributed by atoms with Gasteiger partial charge in [0.15, 0.2) is 0 Å². The second kappa shape index (κ2) is 7.07. The number of carbonyl (C=O) groups excluding carboxylic acids is 1. The zero-order valence-corrected chi connectivity index (χ0v) is 14.7. The van der Waals surface area contributed by atoms with Crippen LogP contribution in [0.1, 0.15) is 41.1 Å². The topological polar surface area (TPSA) is 50.2 Å². The highest BCUT2D eigenvalue weighted by Crippen LogP contribution is 2.32. The first-order valence-electron chi connectivity index (χ1n) is 8.64. The van der Waals surface area contributed by atoms with Crippen LogP contribution in [0.15, 0.2) is 30.6 Å². The molecule has 1 aromatic carbocycles. The van der Waals surface area contributed by atoms with E-state index in [1.165, 1.54) is 16.7 Å². The maximum atomic E-state index is 12.6. The Morgan fingerprint density at radius 3 is 2.88 bits per heavy atom. The van der Waals surface area contributed by atoms with E-state index in [0.29, 0.717) is 6.54 Å². The quantitative estimate of drug-likeness (QED) is 0.938. The average molecular weight is 326 g/mol. The van der Waals surface area contributed by atoms with Crippen LogP contribution in [-0.4, -0.2) is 33.8 Å². The van der Waals surface area contributed by atoms with E-state index in [1.807, 2.05) is 24.3 Å². The van der Waals surface area contributed by atoms with Gasteiger partial charge in [-0.3, -0.25) is 4.68 Å². The molecule has 1 saturated heterocycles. The third-order valence-corrected chi connectivity index (χ3v) is 4.88. The summed E-state index contributed by atoms with van der Waals surface area (Å²) < 4.78 is 1.79. The summed E-state index contributed by atoms with van der Waals surface area (Å²) in [7, 11) is 1.90. The molecule has 0 radical (unpaired) electrons. The maximum Gasteiger partial charge on any atom is 0.317 e. The van der Waals surface area contributed by atoms with Gasteiger partial charge in [0.25, 0.3) is 0 Å². The first-order valence-corrected chi connectivity index (χ1v) is 8.64. The predicted octanol–water partition coefficient (Wildman–Crippen LogP) is 3.13. The van der Waals surface area contributed by atoms with E-state index in [4.69, 9.17) is 0 Å². The van der Waals surface area contributed by atoms with Crippen LogP contribution >= 0.6 is 0 Å². The lowest BCUT2D eigenvalue weighted by atomic mass is 9.99. The Hall–Kier alpha value is -2.30. The minimum atomic E-state index is 0.0413. The number of carbonyl (C=O) groups is 1. The standard InChI is InChI=1S/C19H26N4O/c1-14-6-7-17(11-15(14)2)18-5-4-10-23(18)19(24)20-9-8-16-12-21-22(3)13-16/h6-7,11-13,18H,4-5,8-10H2,1-3H3,(H,20,24)/t18-/m0/s1. The highest BCUT2D eigenvalue weighted by molar-refractivity contribution is 5.75. The number of likely N-dealkylation sites (tertiary alicyclic amines) is 1. The van der Waals surface area contributed by atoms with Crippen molar-refractivity contribution < 1.29 is 4.79 Å². The van der Waals surface area contributed by atoms with E-state index in [2.05, 4.69) is 42.5 Å². The Labute approximate surface area is 143 Å². The molecule has 128 valence electrons. The van der Waals surface area contributed by atoms with Crippen LogP contribution in [0.4, 0.5) is 4.79 Å². The molecule has 5 nitrogen and oxygen atoms in total. The minimum Gasteiger partial charge on any atom is -0.338 e. The van der Waals surface area contributed by atoms with E-state index in [9.17, 15) is 4.79 Å². The molecule has 1 fully saturated rings. The third kappa shape index (κ3) is 3.61. The molecule has 1 aliphatic rings. The average Bonchev–Trinajstić information content (AvgIpc) is 3.19. The highest BCUT2D eigenvalue weighted by atomic mass is 16.2. The molecule has 1 aliphatic heterocycles. The molecule has 3 rings (SSSR count). The van der Waals surface area contributed by atoms with Crippen LogP contribution in [-0.2, 0) is 13.5 Å². The number of amides is 2. The fourth-order valence-corrected chi connectivity index (χ4v) is 3.34. The summed E-state index contributed by atoms with van der Waals surface area (Å²) in [5.41, 5.74) is 4.98. The number of benzene rings is 1. The lowest BCUT2D eigenvalue weighted by Crippen LogP contribution is -2.40. The molecule has 1 aromatic heterocycles. The second-order valence-corrected chi connectivity index (χ2v) is 6.70. The summed E-state index contributed by atoms with van der Waals surface area (Å²) in [6.07, 6.45) is 6.74. The van der Waals surface area contributed by atoms with E-state index in [1.54, 1.807) is 4.68 Å². The molecule has 0 saturated carbocycles. The normalized spacial score (nSPS) is 17.3. The number of urea groups is 1. The van der Waals surface area contributed by atoms with Crippen LogP contribution < -0.4 is 5.32 Å². The van der Waals surface area contributed by atoms with Crippen LogP contribution in [0.25, 0.3) is 0 Å². The SMILES string of the molecule is Cc1ccc([C@@H]2CCCN2C(=O)NCCc2cnn(C)c2)cc1C. The second-order valence-electron chi connectivity index (χ2n) is 6.70. The lowest BCUT2D eigenvalue weighted by molar-refractivity contribution is 0.193. The summed E-state index contributed by atoms with van der Waals surface area (Å²) >= 11 is 0. The smallest absolute Gasteiger partial charge is 0.317 e. The van der Waals surface area contributed by atoms with E-state index < -0.39 is 0 Å². The van der Waals surface area contributed by atoms with Gasteiger partial charge in [0, 0.05) is 26.3 Å². The van der Waals surface area contributed by atoms with E-state index in [-0.39, 0.29) is 12.1 Å². The van der Waals surface area contributed by atoms with Gasteiger partial charge in [-0.05, 0) is 55.4 Å². The minimum absolute atomic E-state index is 0.0413. The van der Waals surface area contributed by atoms with Gasteiger partial charge in [-0.2, -0.15) is 5.10 Å². The van der Waals surface area contributed by atoms with Crippen molar-refractivity contribution in [3.05, 3.63) is 52.8 Å². The molecule has 0 aliphatic carbocycles. The van der Waals surface area contributed by atoms with Gasteiger partial charge in [0.2, 0.25) is 0 Å². The Kier molecular flexibility index (Phi) is 4.88. The van der Waals surface area contributed by atoms with Crippen molar-refractivity contribution >= 4 is 6.03 Å². The summed E-state index contributed by atoms with van der Waals surface area (Å²) in [5, 5.41) is 7.21. The Balaban J connectivity index is 1.59. The molecule has 1 atom stereocenters. The lowest BCUT2D eigenvalue weighted by Gasteiger charge is -2.26. The van der Waals surface area contributed by atoms with Gasteiger partial charge in [-0.1, -0.05) is 18.2 Å². The van der Waals surface area contributed by atoms with Crippen molar-refractivity contribution in [3.8, 4) is 0 Å². The predicted molar refractivity (Wildman–Crippen MR) is 94.9 cm³/mol. The first kappa shape index (κ1) is 16.6. The van der Waals surface area contributed by atoms with Gasteiger partial charge in [0.05, 0.1) is 12.2 Å². The number of aromatic nitrogens is 2. The zero-order chi connectivity index (χ0) is 17.1. The largest absolute Gasteiger partial charge is 0.338 e. The zero-order valence-electron chi connectivity index (χ0n) is 14.7. The van der Waals surface area contributed by atoms with Crippen molar-refractivity contribution in [1.29, 1.82) is 0 Å². The Bertz CT molecular complexity index is 722. The number of hydrogen-bond donors (Lipinski definition) is 1. The van der Waals surface area contributed by atoms with Crippen LogP contribution in [0.5, 0.6) is 0 Å². The van der Waals surface area contributed by atoms with Gasteiger partial charge in [-0.15, -0.1) is 0 Å². The number of nitrogens with zero attached hydrogens (tertiary/aromatic N) is 3. The van der Waals surface area contributed by atoms with Crippen molar-refractivity contribution in [1.82, 2.24) is 20.0 Å². The molecule has 1 N–H and O–H groups in total. The summed E-state index contributed by atoms with van der Waals surface area (Å²) in [5.74, 6) is 0. The fourth-order valence-electron chi connectivity index (χ4n) is 3.34. The van der Waals surface area contributed by atoms with Crippen LogP contribution in [0, 0.1) is 13.8 Å². The van der Waals surface area contributed by atoms with Crippen LogP contribution in [0.3, 0.4) is 0 Å². The number of aryl methyl sites for hydroxylation is 3. The monoisotopic (exact) mass is 326 g/mol. The van der Waals surface area contributed by atoms with Gasteiger partial charge in [-0.25, -0.2) is 4.79 Å². The van der Waals surface area contributed by atoms with Crippen LogP contribution in [0.2, 0.25) is 0 Å². The van der Waals surface area contributed by atoms with Crippen molar-refractivity contribution in [2.45, 2.75) is 39.2 Å². The Morgan fingerprint density at radius 2 is 2.17 bits per heavy atom. The molecule has 5 heteroatoms. The van der Waals surface area contributed by atoms with Gasteiger partial charge in [0.1, 0.15) is 0 Å². The molecule has 2 aromatic rings. The molecule has 0 spiro atoms. The highest BCUT2D eigenvalue weighted by Gasteiger charge is 2.29. The molecular weight excluding hydrogens is 300 g/mol. The third-order valence-electron chi connectivity index (χ3n) is 4.88. The number of nitrogens with one attached hydrogen (secondary N) is 1. The molecule has 2 heterocycles. The van der Waals surface area contributed by atoms with Crippen molar-refractivity contribution in [2.75, 3.05) is 13.1 Å². The van der Waals surface area contributed by atoms with Gasteiger partial charge >= 0.3 is 6.03 Å². The van der Waals surface area contributed by atoms with Crippen molar-refractivity contribution in [3.63, 3.8) is 0 Å². The van der Waals surface area contributed by atoms with Crippen molar-refractivity contribution in [2.24, 2.45) is 7.05 Å². The molecule has 2 amide bonds. The Morgan fingerprint density at radius 1 is 1.33 bits per heavy atom. The van der Waals surface area contributed by atoms with Gasteiger partial charge < -0.3 is 10.2 Å². The summed E-state index contributed by atoms with van der Waals surface area (Å²) in [4.78, 5) is 14.5. The molecule has 0 bridgehead atoms. The number of rotatable bonds is 4. The summed E-state index contributed by atoms with van der Waals surface area (Å²) in [6, 6.07) is 6.78. The molecule has 0 unspecified atom stereocenters. The van der Waals surface area contributed by atoms with E-state index >= 15 is 0 Å². The van der Waals surface area contributed by atoms with E-state index in [0.717, 1.165) is 31.4 Å². The fraction of sp³-hybridized carbons (Fsp3) is 0.474. The number of hydrogen-bond acceptors (Lipinski definition) is 2. The summed E-state index contributed by atoms with van der Waals surface area (Å²) in [6.45, 7) is 5.72.